The fraction of sp³-hybridized carbons (Fsp3) is 1.00. The molecule has 0 bridgehead atoms. The van der Waals surface area contributed by atoms with Crippen LogP contribution in [0.15, 0.2) is 0 Å². The van der Waals surface area contributed by atoms with E-state index in [1.54, 1.807) is 0 Å². The SMILES string of the molecule is NC(Cl)CCl. The van der Waals surface area contributed by atoms with E-state index in [0.717, 1.165) is 0 Å². The Morgan fingerprint density at radius 3 is 2.00 bits per heavy atom. The largest absolute Gasteiger partial charge is 0.314 e. The molecular weight excluding hydrogens is 109 g/mol. The summed E-state index contributed by atoms with van der Waals surface area (Å²) in [5.41, 5.74) is 4.55. The predicted molar refractivity (Wildman–Crippen MR) is 24.5 cm³/mol. The molecule has 0 aromatic rings. The van der Waals surface area contributed by atoms with Crippen molar-refractivity contribution < 1.29 is 0 Å². The van der Waals surface area contributed by atoms with Crippen LogP contribution in [-0.4, -0.2) is 11.4 Å². The third kappa shape index (κ3) is 4.54. The number of nitrogens with two attached hydrogens (primary N) is 1. The van der Waals surface area contributed by atoms with Crippen LogP contribution in [0.25, 0.3) is 0 Å². The molecule has 5 heavy (non-hydrogen) atoms. The number of hydrogen-bond donors (Lipinski definition) is 1. The van der Waals surface area contributed by atoms with Crippen molar-refractivity contribution in [1.82, 2.24) is 0 Å². The highest BCUT2D eigenvalue weighted by Gasteiger charge is 1.85. The summed E-state index contributed by atoms with van der Waals surface area (Å²) in [5, 5.41) is 0. The molecule has 0 aromatic heterocycles. The maximum Gasteiger partial charge on any atom is 0.0937 e. The van der Waals surface area contributed by atoms with Gasteiger partial charge in [-0.1, -0.05) is 0 Å². The van der Waals surface area contributed by atoms with Gasteiger partial charge in [0.05, 0.1) is 11.4 Å². The van der Waals surface area contributed by atoms with Gasteiger partial charge in [0.15, 0.2) is 0 Å². The number of rotatable bonds is 1. The average Bonchev–Trinajstić information content (AvgIpc) is 1.38. The number of halogens is 2. The van der Waals surface area contributed by atoms with E-state index < -0.39 is 0 Å². The first kappa shape index (κ1) is 5.54. The molecule has 0 heterocycles. The van der Waals surface area contributed by atoms with E-state index in [-0.39, 0.29) is 5.50 Å². The molecule has 0 amide bonds. The lowest BCUT2D eigenvalue weighted by Gasteiger charge is -1.86. The zero-order chi connectivity index (χ0) is 4.28. The average molecular weight is 114 g/mol. The van der Waals surface area contributed by atoms with Crippen molar-refractivity contribution in [3.63, 3.8) is 0 Å². The Bertz CT molecular complexity index is 21.6. The molecule has 3 heteroatoms. The van der Waals surface area contributed by atoms with Crippen LogP contribution < -0.4 is 5.73 Å². The summed E-state index contributed by atoms with van der Waals surface area (Å²) in [7, 11) is 0. The van der Waals surface area contributed by atoms with Crippen molar-refractivity contribution in [2.45, 2.75) is 5.50 Å². The third-order valence-corrected chi connectivity index (χ3v) is 0.792. The molecule has 1 atom stereocenters. The molecule has 32 valence electrons. The van der Waals surface area contributed by atoms with Crippen LogP contribution in [0.4, 0.5) is 0 Å². The molecule has 0 aliphatic heterocycles. The Labute approximate surface area is 41.1 Å². The van der Waals surface area contributed by atoms with Gasteiger partial charge in [0.1, 0.15) is 0 Å². The summed E-state index contributed by atoms with van der Waals surface area (Å²) in [5.74, 6) is 0.321. The second-order valence-corrected chi connectivity index (χ2v) is 1.54. The highest BCUT2D eigenvalue weighted by atomic mass is 35.5. The minimum Gasteiger partial charge on any atom is -0.314 e. The van der Waals surface area contributed by atoms with Gasteiger partial charge in [0, 0.05) is 0 Å². The second kappa shape index (κ2) is 2.76. The van der Waals surface area contributed by atoms with Crippen LogP contribution in [0, 0.1) is 0 Å². The Morgan fingerprint density at radius 2 is 2.00 bits per heavy atom. The fourth-order valence-corrected chi connectivity index (χ4v) is 0. The van der Waals surface area contributed by atoms with Crippen molar-refractivity contribution in [3.8, 4) is 0 Å². The van der Waals surface area contributed by atoms with Crippen molar-refractivity contribution in [2.24, 2.45) is 5.73 Å². The maximum atomic E-state index is 5.11. The van der Waals surface area contributed by atoms with Crippen LogP contribution in [0.5, 0.6) is 0 Å². The Morgan fingerprint density at radius 1 is 1.80 bits per heavy atom. The van der Waals surface area contributed by atoms with E-state index in [4.69, 9.17) is 28.9 Å². The van der Waals surface area contributed by atoms with E-state index in [0.29, 0.717) is 5.88 Å². The van der Waals surface area contributed by atoms with Crippen molar-refractivity contribution in [1.29, 1.82) is 0 Å². The van der Waals surface area contributed by atoms with Gasteiger partial charge < -0.3 is 5.73 Å². The monoisotopic (exact) mass is 113 g/mol. The highest BCUT2D eigenvalue weighted by molar-refractivity contribution is 6.27. The summed E-state index contributed by atoms with van der Waals surface area (Å²) >= 11 is 10.2. The molecule has 1 unspecified atom stereocenters. The minimum atomic E-state index is -0.378. The van der Waals surface area contributed by atoms with Crippen LogP contribution in [-0.2, 0) is 0 Å². The summed E-state index contributed by atoms with van der Waals surface area (Å²) in [6.07, 6.45) is 0. The van der Waals surface area contributed by atoms with E-state index in [2.05, 4.69) is 0 Å². The molecule has 0 rings (SSSR count). The lowest BCUT2D eigenvalue weighted by Crippen LogP contribution is -2.12. The van der Waals surface area contributed by atoms with Crippen molar-refractivity contribution >= 4 is 23.2 Å². The quantitative estimate of drug-likeness (QED) is 0.395. The van der Waals surface area contributed by atoms with Gasteiger partial charge >= 0.3 is 0 Å². The van der Waals surface area contributed by atoms with Gasteiger partial charge in [0.2, 0.25) is 0 Å². The summed E-state index contributed by atoms with van der Waals surface area (Å²) in [6, 6.07) is 0. The zero-order valence-electron chi connectivity index (χ0n) is 2.62. The molecule has 0 spiro atoms. The maximum absolute atomic E-state index is 5.11. The van der Waals surface area contributed by atoms with Crippen molar-refractivity contribution in [2.75, 3.05) is 5.88 Å². The summed E-state index contributed by atoms with van der Waals surface area (Å²) in [4.78, 5) is 0. The van der Waals surface area contributed by atoms with E-state index in [1.165, 1.54) is 0 Å². The van der Waals surface area contributed by atoms with Crippen LogP contribution in [0.2, 0.25) is 0 Å². The first-order valence-corrected chi connectivity index (χ1v) is 2.20. The first-order valence-electron chi connectivity index (χ1n) is 1.23. The number of alkyl halides is 2. The van der Waals surface area contributed by atoms with Crippen LogP contribution in [0.3, 0.4) is 0 Å². The van der Waals surface area contributed by atoms with Gasteiger partial charge in [-0.3, -0.25) is 0 Å². The predicted octanol–water partition coefficient (Wildman–Crippen LogP) is 0.749. The molecule has 0 radical (unpaired) electrons. The molecule has 0 aliphatic rings. The first-order chi connectivity index (χ1) is 2.27. The number of hydrogen-bond acceptors (Lipinski definition) is 1. The van der Waals surface area contributed by atoms with Gasteiger partial charge in [0.25, 0.3) is 0 Å². The third-order valence-electron chi connectivity index (χ3n) is 0.147. The second-order valence-electron chi connectivity index (χ2n) is 0.670. The van der Waals surface area contributed by atoms with Gasteiger partial charge in [-0.05, 0) is 0 Å². The minimum absolute atomic E-state index is 0.321. The topological polar surface area (TPSA) is 26.0 Å². The molecule has 1 nitrogen and oxygen atoms in total. The Kier molecular flexibility index (Phi) is 3.06. The standard InChI is InChI=1S/C2H5Cl2N/c3-1-2(4)5/h2H,1,5H2. The summed E-state index contributed by atoms with van der Waals surface area (Å²) < 4.78 is 0. The summed E-state index contributed by atoms with van der Waals surface area (Å²) in [6.45, 7) is 0. The van der Waals surface area contributed by atoms with Crippen LogP contribution in [0.1, 0.15) is 0 Å². The van der Waals surface area contributed by atoms with Crippen LogP contribution >= 0.6 is 23.2 Å². The molecule has 0 aromatic carbocycles. The lowest BCUT2D eigenvalue weighted by atomic mass is 10.8. The Balaban J connectivity index is 2.54. The van der Waals surface area contributed by atoms with Gasteiger partial charge in [-0.2, -0.15) is 0 Å². The molecular formula is C2H5Cl2N. The molecule has 0 aliphatic carbocycles. The van der Waals surface area contributed by atoms with Crippen molar-refractivity contribution in [3.05, 3.63) is 0 Å². The smallest absolute Gasteiger partial charge is 0.0937 e. The lowest BCUT2D eigenvalue weighted by molar-refractivity contribution is 1.04. The zero-order valence-corrected chi connectivity index (χ0v) is 4.13. The normalized spacial score (nSPS) is 15.0. The molecule has 0 fully saturated rings. The Hall–Kier alpha value is 0.540. The highest BCUT2D eigenvalue weighted by Crippen LogP contribution is 1.85. The molecule has 0 saturated carbocycles. The van der Waals surface area contributed by atoms with E-state index in [1.807, 2.05) is 0 Å². The van der Waals surface area contributed by atoms with Gasteiger partial charge in [-0.25, -0.2) is 0 Å². The van der Waals surface area contributed by atoms with E-state index >= 15 is 0 Å². The van der Waals surface area contributed by atoms with Gasteiger partial charge in [-0.15, -0.1) is 23.2 Å². The van der Waals surface area contributed by atoms with E-state index in [9.17, 15) is 0 Å². The molecule has 0 saturated heterocycles. The molecule has 2 N–H and O–H groups in total. The fourth-order valence-electron chi connectivity index (χ4n) is 0.